The summed E-state index contributed by atoms with van der Waals surface area (Å²) in [5, 5.41) is 12.3. The summed E-state index contributed by atoms with van der Waals surface area (Å²) in [6.07, 6.45) is 0. The summed E-state index contributed by atoms with van der Waals surface area (Å²) in [5.74, 6) is 0.255. The van der Waals surface area contributed by atoms with Gasteiger partial charge in [0.05, 0.1) is 39.9 Å². The number of fused-ring (bicyclic) bond motifs is 3. The first kappa shape index (κ1) is 25.8. The first-order valence-corrected chi connectivity index (χ1v) is 13.3. The maximum Gasteiger partial charge on any atom is 0.310 e. The van der Waals surface area contributed by atoms with Crippen molar-refractivity contribution < 1.29 is 38.0 Å². The molecule has 0 radical (unpaired) electrons. The molecule has 214 valence electrons. The van der Waals surface area contributed by atoms with Gasteiger partial charge >= 0.3 is 5.97 Å². The Labute approximate surface area is 240 Å². The quantitative estimate of drug-likeness (QED) is 0.240. The lowest BCUT2D eigenvalue weighted by atomic mass is 9.65. The van der Waals surface area contributed by atoms with Crippen molar-refractivity contribution in [3.8, 4) is 28.7 Å². The van der Waals surface area contributed by atoms with E-state index >= 15 is 0 Å². The topological polar surface area (TPSA) is 133 Å². The average molecular weight is 571 g/mol. The number of aromatic nitrogens is 4. The number of ketones is 1. The van der Waals surface area contributed by atoms with Gasteiger partial charge in [-0.1, -0.05) is 30.3 Å². The molecule has 1 fully saturated rings. The first-order chi connectivity index (χ1) is 20.5. The highest BCUT2D eigenvalue weighted by molar-refractivity contribution is 6.06. The van der Waals surface area contributed by atoms with E-state index in [9.17, 15) is 9.59 Å². The predicted octanol–water partition coefficient (Wildman–Crippen LogP) is 3.18. The Morgan fingerprint density at radius 2 is 1.60 bits per heavy atom. The van der Waals surface area contributed by atoms with Crippen LogP contribution in [0.2, 0.25) is 0 Å². The minimum atomic E-state index is -0.644. The lowest BCUT2D eigenvalue weighted by Gasteiger charge is -2.39. The molecular formula is C30H26N4O8. The van der Waals surface area contributed by atoms with Crippen molar-refractivity contribution in [3.05, 3.63) is 82.7 Å². The summed E-state index contributed by atoms with van der Waals surface area (Å²) in [6.45, 7) is 0.178. The zero-order chi connectivity index (χ0) is 29.0. The Kier molecular flexibility index (Phi) is 6.18. The Balaban J connectivity index is 1.45. The molecule has 4 atom stereocenters. The van der Waals surface area contributed by atoms with Gasteiger partial charge in [-0.3, -0.25) is 9.59 Å². The molecule has 0 N–H and O–H groups in total. The Hall–Kier alpha value is -5.13. The third-order valence-corrected chi connectivity index (χ3v) is 8.19. The number of carbonyl (C=O) groups is 2. The van der Waals surface area contributed by atoms with Gasteiger partial charge in [0.15, 0.2) is 23.0 Å². The fraction of sp³-hybridized carbons (Fsp3) is 0.300. The molecule has 1 aromatic heterocycles. The number of esters is 1. The van der Waals surface area contributed by atoms with Crippen LogP contribution in [0.5, 0.6) is 28.7 Å². The zero-order valence-electron chi connectivity index (χ0n) is 23.0. The normalized spacial score (nSPS) is 21.7. The molecule has 3 heterocycles. The largest absolute Gasteiger partial charge is 0.493 e. The summed E-state index contributed by atoms with van der Waals surface area (Å²) in [5.41, 5.74) is 2.77. The minimum Gasteiger partial charge on any atom is -0.493 e. The number of carbonyl (C=O) groups excluding carboxylic acids is 2. The van der Waals surface area contributed by atoms with Crippen LogP contribution in [0.25, 0.3) is 0 Å². The van der Waals surface area contributed by atoms with Gasteiger partial charge in [-0.15, -0.1) is 5.10 Å². The van der Waals surface area contributed by atoms with Crippen LogP contribution < -0.4 is 23.7 Å². The number of tetrazole rings is 1. The third-order valence-electron chi connectivity index (χ3n) is 8.19. The van der Waals surface area contributed by atoms with Crippen molar-refractivity contribution in [1.82, 2.24) is 20.2 Å². The van der Waals surface area contributed by atoms with Gasteiger partial charge < -0.3 is 28.4 Å². The van der Waals surface area contributed by atoms with E-state index in [0.29, 0.717) is 34.3 Å². The van der Waals surface area contributed by atoms with Crippen LogP contribution in [-0.4, -0.2) is 66.7 Å². The summed E-state index contributed by atoms with van der Waals surface area (Å²) in [7, 11) is 4.62. The van der Waals surface area contributed by atoms with Crippen LogP contribution in [0.4, 0.5) is 0 Å². The number of methoxy groups -OCH3 is 3. The molecule has 4 aromatic rings. The number of benzene rings is 3. The fourth-order valence-corrected chi connectivity index (χ4v) is 6.38. The molecule has 0 unspecified atom stereocenters. The second-order valence-corrected chi connectivity index (χ2v) is 10.2. The molecule has 3 aromatic carbocycles. The van der Waals surface area contributed by atoms with Gasteiger partial charge in [-0.05, 0) is 51.4 Å². The van der Waals surface area contributed by atoms with Crippen LogP contribution in [0.15, 0.2) is 54.6 Å². The number of cyclic esters (lactones) is 1. The number of ether oxygens (including phenoxy) is 6. The van der Waals surface area contributed by atoms with Gasteiger partial charge in [0, 0.05) is 17.4 Å². The second kappa shape index (κ2) is 10.1. The van der Waals surface area contributed by atoms with Crippen LogP contribution in [-0.2, 0) is 9.53 Å². The maximum atomic E-state index is 13.6. The lowest BCUT2D eigenvalue weighted by Crippen LogP contribution is -2.39. The van der Waals surface area contributed by atoms with Crippen LogP contribution in [0, 0.1) is 11.8 Å². The van der Waals surface area contributed by atoms with Crippen LogP contribution in [0.3, 0.4) is 0 Å². The van der Waals surface area contributed by atoms with E-state index in [1.165, 1.54) is 11.8 Å². The highest BCUT2D eigenvalue weighted by Gasteiger charge is 2.54. The molecule has 3 aliphatic rings. The monoisotopic (exact) mass is 570 g/mol. The van der Waals surface area contributed by atoms with E-state index < -0.39 is 23.8 Å². The second-order valence-electron chi connectivity index (χ2n) is 10.2. The number of hydrogen-bond acceptors (Lipinski definition) is 11. The summed E-state index contributed by atoms with van der Waals surface area (Å²) in [4.78, 5) is 27.1. The van der Waals surface area contributed by atoms with Gasteiger partial charge in [-0.2, -0.15) is 0 Å². The molecule has 0 saturated carbocycles. The molecule has 2 aliphatic heterocycles. The zero-order valence-corrected chi connectivity index (χ0v) is 23.0. The van der Waals surface area contributed by atoms with Crippen molar-refractivity contribution in [2.75, 3.05) is 34.7 Å². The SMILES string of the molecule is COc1cc([C@@H]2c3cc4c(cc3[C@@H](n3nnnc3C(=O)c3ccccc3)[C@H]3COC(=O)[C@H]23)OCO4)cc(OC)c1OC. The van der Waals surface area contributed by atoms with Crippen molar-refractivity contribution in [2.45, 2.75) is 12.0 Å². The van der Waals surface area contributed by atoms with Gasteiger partial charge in [0.2, 0.25) is 24.2 Å². The van der Waals surface area contributed by atoms with E-state index in [0.717, 1.165) is 16.7 Å². The fourth-order valence-electron chi connectivity index (χ4n) is 6.38. The van der Waals surface area contributed by atoms with Crippen LogP contribution >= 0.6 is 0 Å². The van der Waals surface area contributed by atoms with E-state index in [4.69, 9.17) is 28.4 Å². The van der Waals surface area contributed by atoms with Gasteiger partial charge in [0.1, 0.15) is 0 Å². The minimum absolute atomic E-state index is 0.0548. The van der Waals surface area contributed by atoms with Gasteiger partial charge in [-0.25, -0.2) is 4.68 Å². The molecular weight excluding hydrogens is 544 g/mol. The lowest BCUT2D eigenvalue weighted by molar-refractivity contribution is -0.141. The number of nitrogens with zero attached hydrogens (tertiary/aromatic N) is 4. The standard InChI is InChI=1S/C30H26N4O8/c1-37-22-9-16(10-23(38-2)28(22)39-3)24-17-11-20-21(42-14-41-20)12-18(17)26(19-13-40-30(36)25(19)24)34-29(31-32-33-34)27(35)15-7-5-4-6-8-15/h4-12,19,24-26H,13-14H2,1-3H3/t19-,24+,25-,26+/m0/s1. The smallest absolute Gasteiger partial charge is 0.310 e. The van der Waals surface area contributed by atoms with E-state index in [1.807, 2.05) is 30.3 Å². The molecule has 0 bridgehead atoms. The Morgan fingerprint density at radius 1 is 0.905 bits per heavy atom. The van der Waals surface area contributed by atoms with E-state index in [-0.39, 0.29) is 31.0 Å². The molecule has 1 saturated heterocycles. The Bertz CT molecular complexity index is 1680. The van der Waals surface area contributed by atoms with Crippen molar-refractivity contribution in [3.63, 3.8) is 0 Å². The van der Waals surface area contributed by atoms with Crippen LogP contribution in [0.1, 0.15) is 44.8 Å². The summed E-state index contributed by atoms with van der Waals surface area (Å²) >= 11 is 0. The third kappa shape index (κ3) is 3.85. The van der Waals surface area contributed by atoms with Crippen molar-refractivity contribution in [2.24, 2.45) is 11.8 Å². The summed E-state index contributed by atoms with van der Waals surface area (Å²) < 4.78 is 35.5. The summed E-state index contributed by atoms with van der Waals surface area (Å²) in [6, 6.07) is 15.6. The van der Waals surface area contributed by atoms with E-state index in [2.05, 4.69) is 15.5 Å². The van der Waals surface area contributed by atoms with Crippen molar-refractivity contribution in [1.29, 1.82) is 0 Å². The predicted molar refractivity (Wildman–Crippen MR) is 144 cm³/mol. The highest BCUT2D eigenvalue weighted by Crippen LogP contribution is 2.56. The molecule has 1 aliphatic carbocycles. The highest BCUT2D eigenvalue weighted by atomic mass is 16.7. The molecule has 42 heavy (non-hydrogen) atoms. The first-order valence-electron chi connectivity index (χ1n) is 13.3. The maximum absolute atomic E-state index is 13.6. The number of hydrogen-bond donors (Lipinski definition) is 0. The molecule has 7 rings (SSSR count). The Morgan fingerprint density at radius 3 is 2.26 bits per heavy atom. The molecule has 12 nitrogen and oxygen atoms in total. The average Bonchev–Trinajstić information content (AvgIpc) is 3.78. The molecule has 0 spiro atoms. The van der Waals surface area contributed by atoms with Gasteiger partial charge in [0.25, 0.3) is 0 Å². The van der Waals surface area contributed by atoms with Crippen molar-refractivity contribution >= 4 is 11.8 Å². The van der Waals surface area contributed by atoms with E-state index in [1.54, 1.807) is 38.5 Å². The molecule has 12 heteroatoms. The molecule has 0 amide bonds. The number of rotatable bonds is 7.